The summed E-state index contributed by atoms with van der Waals surface area (Å²) in [6, 6.07) is 9.23. The molecule has 11 nitrogen and oxygen atoms in total. The number of H-pyrrole nitrogens is 2. The lowest BCUT2D eigenvalue weighted by Gasteiger charge is -2.17. The molecule has 1 atom stereocenters. The minimum absolute atomic E-state index is 0.232. The molecule has 12 heteroatoms. The van der Waals surface area contributed by atoms with Gasteiger partial charge in [0.2, 0.25) is 5.91 Å². The van der Waals surface area contributed by atoms with Crippen LogP contribution in [0.5, 0.6) is 0 Å². The highest BCUT2D eigenvalue weighted by Gasteiger charge is 2.19. The molecule has 2 aromatic carbocycles. The molecule has 1 aliphatic heterocycles. The number of anilines is 1. The Morgan fingerprint density at radius 1 is 1.16 bits per heavy atom. The van der Waals surface area contributed by atoms with Gasteiger partial charge >= 0.3 is 0 Å². The Kier molecular flexibility index (Phi) is 6.57. The Balaban J connectivity index is 1.26. The number of aromatic amines is 2. The molecule has 1 aliphatic rings. The summed E-state index contributed by atoms with van der Waals surface area (Å²) in [6.45, 7) is 0.858. The van der Waals surface area contributed by atoms with E-state index in [1.807, 2.05) is 12.4 Å². The van der Waals surface area contributed by atoms with Crippen LogP contribution in [0.25, 0.3) is 33.9 Å². The van der Waals surface area contributed by atoms with E-state index in [0.717, 1.165) is 65.9 Å². The molecule has 6 rings (SSSR count). The molecular formula is C26H25ClN10O. The van der Waals surface area contributed by atoms with Gasteiger partial charge in [0.15, 0.2) is 0 Å². The van der Waals surface area contributed by atoms with Gasteiger partial charge in [0.25, 0.3) is 0 Å². The van der Waals surface area contributed by atoms with Crippen molar-refractivity contribution in [1.29, 1.82) is 0 Å². The molecule has 2 bridgehead atoms. The van der Waals surface area contributed by atoms with Crippen LogP contribution in [0.2, 0.25) is 5.02 Å². The number of nitrogens with one attached hydrogen (secondary N) is 4. The van der Waals surface area contributed by atoms with Crippen LogP contribution in [-0.2, 0) is 4.79 Å². The van der Waals surface area contributed by atoms with E-state index in [-0.39, 0.29) is 11.9 Å². The van der Waals surface area contributed by atoms with E-state index in [9.17, 15) is 4.79 Å². The van der Waals surface area contributed by atoms with Gasteiger partial charge < -0.3 is 15.6 Å². The quantitative estimate of drug-likeness (QED) is 0.252. The van der Waals surface area contributed by atoms with Crippen LogP contribution in [0.4, 0.5) is 5.69 Å². The van der Waals surface area contributed by atoms with Crippen molar-refractivity contribution in [2.45, 2.75) is 31.7 Å². The van der Waals surface area contributed by atoms with Crippen LogP contribution in [0.15, 0.2) is 55.1 Å². The number of aromatic nitrogens is 8. The van der Waals surface area contributed by atoms with E-state index in [2.05, 4.69) is 58.5 Å². The van der Waals surface area contributed by atoms with Gasteiger partial charge in [-0.15, -0.1) is 5.10 Å². The summed E-state index contributed by atoms with van der Waals surface area (Å²) in [7, 11) is 0. The first-order valence-corrected chi connectivity index (χ1v) is 12.8. The fraction of sp³-hybridized carbons (Fsp3) is 0.231. The zero-order valence-electron chi connectivity index (χ0n) is 20.4. The normalized spacial score (nSPS) is 16.0. The number of benzene rings is 2. The van der Waals surface area contributed by atoms with E-state index < -0.39 is 0 Å². The summed E-state index contributed by atoms with van der Waals surface area (Å²) in [4.78, 5) is 21.1. The van der Waals surface area contributed by atoms with E-state index >= 15 is 0 Å². The lowest BCUT2D eigenvalue weighted by atomic mass is 10.1. The predicted octanol–water partition coefficient (Wildman–Crippen LogP) is 4.44. The van der Waals surface area contributed by atoms with E-state index in [1.165, 1.54) is 17.1 Å². The second kappa shape index (κ2) is 10.5. The minimum atomic E-state index is -0.257. The van der Waals surface area contributed by atoms with Gasteiger partial charge in [-0.2, -0.15) is 9.78 Å². The Labute approximate surface area is 222 Å². The molecule has 0 unspecified atom stereocenters. The second-order valence-corrected chi connectivity index (χ2v) is 9.60. The third-order valence-electron chi connectivity index (χ3n) is 6.60. The van der Waals surface area contributed by atoms with Crippen molar-refractivity contribution in [3.63, 3.8) is 0 Å². The van der Waals surface area contributed by atoms with Gasteiger partial charge in [-0.05, 0) is 59.7 Å². The fourth-order valence-corrected chi connectivity index (χ4v) is 4.87. The van der Waals surface area contributed by atoms with E-state index in [4.69, 9.17) is 11.6 Å². The molecule has 3 aromatic heterocycles. The highest BCUT2D eigenvalue weighted by Crippen LogP contribution is 2.32. The number of fused-ring (bicyclic) bond motifs is 5. The first-order chi connectivity index (χ1) is 18.6. The van der Waals surface area contributed by atoms with Crippen molar-refractivity contribution in [3.8, 4) is 16.9 Å². The minimum Gasteiger partial charge on any atom is -0.384 e. The Hall–Kier alpha value is -4.51. The van der Waals surface area contributed by atoms with Crippen molar-refractivity contribution >= 4 is 40.2 Å². The molecular weight excluding hydrogens is 504 g/mol. The molecule has 0 spiro atoms. The van der Waals surface area contributed by atoms with Gasteiger partial charge in [-0.25, -0.2) is 4.98 Å². The number of nitrogens with zero attached hydrogens (tertiary/aromatic N) is 6. The lowest BCUT2D eigenvalue weighted by molar-refractivity contribution is -0.117. The molecule has 4 N–H and O–H groups in total. The largest absolute Gasteiger partial charge is 0.384 e. The van der Waals surface area contributed by atoms with E-state index in [1.54, 1.807) is 24.3 Å². The number of rotatable bonds is 4. The Morgan fingerprint density at radius 2 is 2.11 bits per heavy atom. The maximum Gasteiger partial charge on any atom is 0.244 e. The molecule has 1 amide bonds. The first-order valence-electron chi connectivity index (χ1n) is 12.4. The highest BCUT2D eigenvalue weighted by molar-refractivity contribution is 6.30. The third kappa shape index (κ3) is 5.00. The van der Waals surface area contributed by atoms with Crippen LogP contribution < -0.4 is 10.6 Å². The number of amides is 1. The summed E-state index contributed by atoms with van der Waals surface area (Å²) in [6.07, 6.45) is 12.1. The summed E-state index contributed by atoms with van der Waals surface area (Å²) in [5.74, 6) is 0.488. The van der Waals surface area contributed by atoms with Crippen molar-refractivity contribution in [2.75, 3.05) is 11.9 Å². The molecule has 0 saturated heterocycles. The van der Waals surface area contributed by atoms with Gasteiger partial charge in [0, 0.05) is 39.8 Å². The number of hydrogen-bond donors (Lipinski definition) is 4. The van der Waals surface area contributed by atoms with Crippen LogP contribution >= 0.6 is 11.6 Å². The summed E-state index contributed by atoms with van der Waals surface area (Å²) < 4.78 is 1.52. The fourth-order valence-electron chi connectivity index (χ4n) is 4.69. The zero-order valence-corrected chi connectivity index (χ0v) is 21.1. The molecule has 192 valence electrons. The SMILES string of the molecule is O=C(/C=C/c1cc(Cl)ccc1-n1cnnn1)N[C@H]1CCCCCNc2cc3[nH]ncc3cc2-c2cnc1[nH]2. The summed E-state index contributed by atoms with van der Waals surface area (Å²) in [5, 5.41) is 26.8. The van der Waals surface area contributed by atoms with Gasteiger partial charge in [0.05, 0.1) is 35.3 Å². The van der Waals surface area contributed by atoms with Crippen LogP contribution in [0, 0.1) is 0 Å². The van der Waals surface area contributed by atoms with Crippen LogP contribution in [0.1, 0.15) is 43.1 Å². The highest BCUT2D eigenvalue weighted by atomic mass is 35.5. The molecule has 38 heavy (non-hydrogen) atoms. The smallest absolute Gasteiger partial charge is 0.244 e. The van der Waals surface area contributed by atoms with Crippen molar-refractivity contribution in [1.82, 2.24) is 45.7 Å². The first kappa shape index (κ1) is 23.9. The molecule has 4 heterocycles. The summed E-state index contributed by atoms with van der Waals surface area (Å²) >= 11 is 6.21. The van der Waals surface area contributed by atoms with Gasteiger partial charge in [-0.1, -0.05) is 24.4 Å². The van der Waals surface area contributed by atoms with Crippen molar-refractivity contribution in [3.05, 3.63) is 71.5 Å². The maximum absolute atomic E-state index is 13.0. The average Bonchev–Trinajstić information content (AvgIpc) is 3.69. The average molecular weight is 529 g/mol. The predicted molar refractivity (Wildman–Crippen MR) is 145 cm³/mol. The topological polar surface area (TPSA) is 142 Å². The number of carbonyl (C=O) groups is 1. The number of hydrogen-bond acceptors (Lipinski definition) is 7. The number of halogens is 1. The Morgan fingerprint density at radius 3 is 3.00 bits per heavy atom. The number of imidazole rings is 1. The monoisotopic (exact) mass is 528 g/mol. The molecule has 0 aliphatic carbocycles. The maximum atomic E-state index is 13.0. The lowest BCUT2D eigenvalue weighted by Crippen LogP contribution is -2.27. The number of carbonyl (C=O) groups excluding carboxylic acids is 1. The molecule has 0 fully saturated rings. The van der Waals surface area contributed by atoms with Crippen molar-refractivity contribution in [2.24, 2.45) is 0 Å². The third-order valence-corrected chi connectivity index (χ3v) is 6.83. The van der Waals surface area contributed by atoms with Crippen LogP contribution in [0.3, 0.4) is 0 Å². The zero-order chi connectivity index (χ0) is 25.9. The Bertz CT molecular complexity index is 1600. The van der Waals surface area contributed by atoms with Crippen molar-refractivity contribution < 1.29 is 4.79 Å². The molecule has 5 aromatic rings. The number of tetrazole rings is 1. The summed E-state index contributed by atoms with van der Waals surface area (Å²) in [5.41, 5.74) is 5.31. The van der Waals surface area contributed by atoms with Gasteiger partial charge in [-0.3, -0.25) is 9.89 Å². The van der Waals surface area contributed by atoms with Gasteiger partial charge in [0.1, 0.15) is 12.2 Å². The van der Waals surface area contributed by atoms with Crippen LogP contribution in [-0.4, -0.2) is 52.8 Å². The molecule has 0 saturated carbocycles. The standard InChI is InChI=1S/C26H25ClN10O/c27-18-6-7-24(37-15-31-35-36-37)16(10-18)5-8-25(38)32-20-4-2-1-3-9-28-22-12-21-17(13-30-34-21)11-19(22)23-14-29-26(20)33-23/h5-8,10-15,20,28H,1-4,9H2,(H,29,33)(H,30,34)(H,32,38)/b8-5+/t20-/m0/s1. The van der Waals surface area contributed by atoms with E-state index in [0.29, 0.717) is 16.3 Å². The second-order valence-electron chi connectivity index (χ2n) is 9.17. The molecule has 0 radical (unpaired) electrons.